The minimum Gasteiger partial charge on any atom is -0.339 e. The predicted molar refractivity (Wildman–Crippen MR) is 76.6 cm³/mol. The van der Waals surface area contributed by atoms with Gasteiger partial charge in [-0.15, -0.1) is 10.2 Å². The van der Waals surface area contributed by atoms with Crippen molar-refractivity contribution in [2.45, 2.75) is 39.3 Å². The minimum atomic E-state index is 0.0309. The Bertz CT molecular complexity index is 732. The van der Waals surface area contributed by atoms with Crippen LogP contribution in [0.25, 0.3) is 5.65 Å². The molecular formula is C14H18N6O. The van der Waals surface area contributed by atoms with E-state index in [4.69, 9.17) is 4.52 Å². The fraction of sp³-hybridized carbons (Fsp3) is 0.429. The maximum absolute atomic E-state index is 5.19. The van der Waals surface area contributed by atoms with Gasteiger partial charge in [-0.25, -0.2) is 0 Å². The molecule has 0 spiro atoms. The average molecular weight is 286 g/mol. The van der Waals surface area contributed by atoms with Crippen LogP contribution in [0.15, 0.2) is 28.9 Å². The highest BCUT2D eigenvalue weighted by Gasteiger charge is 2.15. The molecule has 110 valence electrons. The number of nitrogens with zero attached hydrogens (tertiary/aromatic N) is 5. The summed E-state index contributed by atoms with van der Waals surface area (Å²) in [6.07, 6.45) is 1.95. The average Bonchev–Trinajstić information content (AvgIpc) is 3.11. The Morgan fingerprint density at radius 1 is 1.24 bits per heavy atom. The molecule has 1 N–H and O–H groups in total. The highest BCUT2D eigenvalue weighted by Crippen LogP contribution is 2.13. The number of nitrogens with one attached hydrogen (secondary N) is 1. The summed E-state index contributed by atoms with van der Waals surface area (Å²) in [4.78, 5) is 4.34. The first-order chi connectivity index (χ1) is 10.1. The van der Waals surface area contributed by atoms with Crippen molar-refractivity contribution in [3.8, 4) is 0 Å². The van der Waals surface area contributed by atoms with Gasteiger partial charge >= 0.3 is 0 Å². The summed E-state index contributed by atoms with van der Waals surface area (Å²) in [6.45, 7) is 6.61. The molecule has 0 unspecified atom stereocenters. The van der Waals surface area contributed by atoms with E-state index in [2.05, 4.69) is 25.7 Å². The third-order valence-electron chi connectivity index (χ3n) is 3.27. The first-order valence-corrected chi connectivity index (χ1v) is 7.00. The van der Waals surface area contributed by atoms with E-state index in [-0.39, 0.29) is 12.0 Å². The summed E-state index contributed by atoms with van der Waals surface area (Å²) in [7, 11) is 0. The molecule has 7 nitrogen and oxygen atoms in total. The van der Waals surface area contributed by atoms with Gasteiger partial charge in [0.15, 0.2) is 17.3 Å². The van der Waals surface area contributed by atoms with Crippen LogP contribution in [0.4, 0.5) is 0 Å². The summed E-state index contributed by atoms with van der Waals surface area (Å²) in [5.74, 6) is 2.41. The van der Waals surface area contributed by atoms with Gasteiger partial charge in [0.2, 0.25) is 5.89 Å². The van der Waals surface area contributed by atoms with Crippen molar-refractivity contribution in [2.75, 3.05) is 0 Å². The largest absolute Gasteiger partial charge is 0.339 e. The maximum atomic E-state index is 5.19. The van der Waals surface area contributed by atoms with E-state index in [1.54, 1.807) is 0 Å². The first kappa shape index (κ1) is 13.7. The molecule has 7 heteroatoms. The second-order valence-corrected chi connectivity index (χ2v) is 5.29. The number of aromatic nitrogens is 5. The van der Waals surface area contributed by atoms with Gasteiger partial charge in [-0.05, 0) is 19.1 Å². The van der Waals surface area contributed by atoms with E-state index in [1.165, 1.54) is 0 Å². The SMILES string of the molecule is CC(C)c1nc(CN[C@H](C)c2nnc3ccccn23)no1. The Morgan fingerprint density at radius 2 is 2.10 bits per heavy atom. The number of pyridine rings is 1. The highest BCUT2D eigenvalue weighted by atomic mass is 16.5. The molecule has 3 aromatic heterocycles. The van der Waals surface area contributed by atoms with Crippen molar-refractivity contribution in [1.29, 1.82) is 0 Å². The van der Waals surface area contributed by atoms with E-state index >= 15 is 0 Å². The third-order valence-corrected chi connectivity index (χ3v) is 3.27. The van der Waals surface area contributed by atoms with E-state index in [0.717, 1.165) is 11.5 Å². The Kier molecular flexibility index (Phi) is 3.66. The number of hydrogen-bond acceptors (Lipinski definition) is 6. The van der Waals surface area contributed by atoms with Gasteiger partial charge in [-0.1, -0.05) is 25.1 Å². The lowest BCUT2D eigenvalue weighted by atomic mass is 10.2. The van der Waals surface area contributed by atoms with Crippen molar-refractivity contribution < 1.29 is 4.52 Å². The molecule has 3 rings (SSSR count). The predicted octanol–water partition coefficient (Wildman–Crippen LogP) is 2.09. The number of hydrogen-bond donors (Lipinski definition) is 1. The standard InChI is InChI=1S/C14H18N6O/c1-9(2)14-16-11(19-21-14)8-15-10(3)13-18-17-12-6-4-5-7-20(12)13/h4-7,9-10,15H,8H2,1-3H3/t10-/m1/s1. The zero-order valence-corrected chi connectivity index (χ0v) is 12.3. The van der Waals surface area contributed by atoms with Gasteiger partial charge in [0.25, 0.3) is 0 Å². The molecule has 3 aromatic rings. The molecule has 0 aliphatic rings. The zero-order valence-electron chi connectivity index (χ0n) is 12.3. The molecule has 3 heterocycles. The Balaban J connectivity index is 1.69. The zero-order chi connectivity index (χ0) is 14.8. The molecule has 0 aliphatic carbocycles. The quantitative estimate of drug-likeness (QED) is 0.773. The smallest absolute Gasteiger partial charge is 0.229 e. The van der Waals surface area contributed by atoms with Crippen LogP contribution in [0.1, 0.15) is 50.3 Å². The highest BCUT2D eigenvalue weighted by molar-refractivity contribution is 5.37. The van der Waals surface area contributed by atoms with Gasteiger partial charge in [0.1, 0.15) is 0 Å². The molecule has 0 saturated heterocycles. The lowest BCUT2D eigenvalue weighted by Gasteiger charge is -2.10. The fourth-order valence-corrected chi connectivity index (χ4v) is 2.06. The van der Waals surface area contributed by atoms with Crippen LogP contribution < -0.4 is 5.32 Å². The van der Waals surface area contributed by atoms with Gasteiger partial charge in [0.05, 0.1) is 12.6 Å². The Hall–Kier alpha value is -2.28. The van der Waals surface area contributed by atoms with Gasteiger partial charge in [-0.2, -0.15) is 4.98 Å². The van der Waals surface area contributed by atoms with E-state index in [1.807, 2.05) is 49.6 Å². The van der Waals surface area contributed by atoms with Crippen LogP contribution in [0.5, 0.6) is 0 Å². The van der Waals surface area contributed by atoms with Crippen molar-refractivity contribution in [3.63, 3.8) is 0 Å². The van der Waals surface area contributed by atoms with E-state index in [0.29, 0.717) is 18.3 Å². The molecule has 0 radical (unpaired) electrons. The van der Waals surface area contributed by atoms with Gasteiger partial charge in [-0.3, -0.25) is 4.40 Å². The van der Waals surface area contributed by atoms with Crippen LogP contribution in [0.2, 0.25) is 0 Å². The Labute approximate surface area is 122 Å². The monoisotopic (exact) mass is 286 g/mol. The summed E-state index contributed by atoms with van der Waals surface area (Å²) in [5, 5.41) is 15.7. The van der Waals surface area contributed by atoms with Crippen molar-refractivity contribution in [3.05, 3.63) is 41.9 Å². The van der Waals surface area contributed by atoms with Gasteiger partial charge in [0, 0.05) is 12.1 Å². The van der Waals surface area contributed by atoms with Crippen LogP contribution in [0, 0.1) is 0 Å². The van der Waals surface area contributed by atoms with E-state index in [9.17, 15) is 0 Å². The minimum absolute atomic E-state index is 0.0309. The molecule has 0 bridgehead atoms. The molecule has 0 aliphatic heterocycles. The van der Waals surface area contributed by atoms with Crippen LogP contribution in [-0.4, -0.2) is 24.7 Å². The fourth-order valence-electron chi connectivity index (χ4n) is 2.06. The van der Waals surface area contributed by atoms with E-state index < -0.39 is 0 Å². The third kappa shape index (κ3) is 2.78. The first-order valence-electron chi connectivity index (χ1n) is 7.00. The van der Waals surface area contributed by atoms with Gasteiger partial charge < -0.3 is 9.84 Å². The molecule has 0 saturated carbocycles. The molecule has 1 atom stereocenters. The normalized spacial score (nSPS) is 13.1. The molecule has 0 aromatic carbocycles. The summed E-state index contributed by atoms with van der Waals surface area (Å²) in [5.41, 5.74) is 0.836. The van der Waals surface area contributed by atoms with Crippen LogP contribution >= 0.6 is 0 Å². The lowest BCUT2D eigenvalue weighted by molar-refractivity contribution is 0.358. The maximum Gasteiger partial charge on any atom is 0.229 e. The molecular weight excluding hydrogens is 268 g/mol. The van der Waals surface area contributed by atoms with Crippen LogP contribution in [-0.2, 0) is 6.54 Å². The molecule has 0 fully saturated rings. The number of fused-ring (bicyclic) bond motifs is 1. The Morgan fingerprint density at radius 3 is 2.86 bits per heavy atom. The summed E-state index contributed by atoms with van der Waals surface area (Å²) < 4.78 is 7.15. The second-order valence-electron chi connectivity index (χ2n) is 5.29. The summed E-state index contributed by atoms with van der Waals surface area (Å²) in [6, 6.07) is 5.86. The molecule has 0 amide bonds. The van der Waals surface area contributed by atoms with Crippen molar-refractivity contribution in [2.24, 2.45) is 0 Å². The summed E-state index contributed by atoms with van der Waals surface area (Å²) >= 11 is 0. The lowest BCUT2D eigenvalue weighted by Crippen LogP contribution is -2.21. The number of rotatable bonds is 5. The van der Waals surface area contributed by atoms with Crippen molar-refractivity contribution in [1.82, 2.24) is 30.1 Å². The van der Waals surface area contributed by atoms with Crippen molar-refractivity contribution >= 4 is 5.65 Å². The topological polar surface area (TPSA) is 81.1 Å². The molecule has 21 heavy (non-hydrogen) atoms. The van der Waals surface area contributed by atoms with Crippen LogP contribution in [0.3, 0.4) is 0 Å². The second kappa shape index (κ2) is 5.61.